The van der Waals surface area contributed by atoms with Crippen LogP contribution in [0, 0.1) is 5.92 Å². The van der Waals surface area contributed by atoms with Crippen LogP contribution < -0.4 is 0 Å². The molecule has 0 aliphatic heterocycles. The molecule has 1 fully saturated rings. The van der Waals surface area contributed by atoms with E-state index in [0.29, 0.717) is 12.0 Å². The Bertz CT molecular complexity index is 397. The Hall–Kier alpha value is -1.39. The first-order chi connectivity index (χ1) is 7.02. The average Bonchev–Trinajstić information content (AvgIpc) is 2.71. The van der Waals surface area contributed by atoms with Gasteiger partial charge in [-0.15, -0.1) is 5.10 Å². The second-order valence-corrected chi connectivity index (χ2v) is 4.51. The van der Waals surface area contributed by atoms with E-state index in [4.69, 9.17) is 5.11 Å². The molecule has 1 aliphatic rings. The Balaban J connectivity index is 2.43. The van der Waals surface area contributed by atoms with Gasteiger partial charge < -0.3 is 5.11 Å². The molecule has 0 aromatic carbocycles. The normalized spacial score (nSPS) is 24.5. The summed E-state index contributed by atoms with van der Waals surface area (Å²) in [7, 11) is 0. The lowest BCUT2D eigenvalue weighted by Gasteiger charge is -2.08. The summed E-state index contributed by atoms with van der Waals surface area (Å²) in [5.74, 6) is -0.261. The molecule has 2 atom stereocenters. The summed E-state index contributed by atoms with van der Waals surface area (Å²) in [5.41, 5.74) is 0.848. The summed E-state index contributed by atoms with van der Waals surface area (Å²) in [4.78, 5) is 10.9. The quantitative estimate of drug-likeness (QED) is 0.822. The van der Waals surface area contributed by atoms with Crippen molar-refractivity contribution in [1.82, 2.24) is 15.0 Å². The van der Waals surface area contributed by atoms with Gasteiger partial charge in [0.15, 0.2) is 5.69 Å². The zero-order valence-electron chi connectivity index (χ0n) is 9.14. The van der Waals surface area contributed by atoms with E-state index in [9.17, 15) is 4.79 Å². The zero-order valence-corrected chi connectivity index (χ0v) is 9.14. The van der Waals surface area contributed by atoms with Gasteiger partial charge in [-0.25, -0.2) is 9.48 Å². The van der Waals surface area contributed by atoms with E-state index in [1.54, 1.807) is 4.68 Å². The molecule has 0 saturated heterocycles. The molecule has 0 spiro atoms. The molecular formula is C10H15N3O2. The van der Waals surface area contributed by atoms with E-state index in [2.05, 4.69) is 17.2 Å². The maximum Gasteiger partial charge on any atom is 0.358 e. The van der Waals surface area contributed by atoms with E-state index < -0.39 is 5.97 Å². The lowest BCUT2D eigenvalue weighted by molar-refractivity contribution is 0.0688. The van der Waals surface area contributed by atoms with E-state index >= 15 is 0 Å². The van der Waals surface area contributed by atoms with Crippen LogP contribution >= 0.6 is 0 Å². The van der Waals surface area contributed by atoms with Crippen LogP contribution in [-0.4, -0.2) is 26.1 Å². The molecule has 2 unspecified atom stereocenters. The molecule has 0 radical (unpaired) electrons. The van der Waals surface area contributed by atoms with Crippen molar-refractivity contribution < 1.29 is 9.90 Å². The molecule has 1 aromatic rings. The van der Waals surface area contributed by atoms with Crippen LogP contribution in [0.1, 0.15) is 55.3 Å². The van der Waals surface area contributed by atoms with E-state index in [1.165, 1.54) is 0 Å². The van der Waals surface area contributed by atoms with Gasteiger partial charge in [0.25, 0.3) is 0 Å². The molecule has 1 aromatic heterocycles. The molecule has 0 bridgehead atoms. The summed E-state index contributed by atoms with van der Waals surface area (Å²) in [6.07, 6.45) is 1.07. The molecule has 2 rings (SSSR count). The lowest BCUT2D eigenvalue weighted by atomic mass is 10.1. The van der Waals surface area contributed by atoms with Gasteiger partial charge in [-0.2, -0.15) is 0 Å². The number of hydrogen-bond donors (Lipinski definition) is 1. The van der Waals surface area contributed by atoms with E-state index in [-0.39, 0.29) is 11.6 Å². The molecular weight excluding hydrogens is 194 g/mol. The molecule has 1 saturated carbocycles. The zero-order chi connectivity index (χ0) is 11.2. The minimum atomic E-state index is -0.988. The molecule has 5 nitrogen and oxygen atoms in total. The Kier molecular flexibility index (Phi) is 2.25. The molecule has 1 N–H and O–H groups in total. The Morgan fingerprint density at radius 1 is 1.60 bits per heavy atom. The largest absolute Gasteiger partial charge is 0.476 e. The van der Waals surface area contributed by atoms with Crippen LogP contribution in [0.5, 0.6) is 0 Å². The van der Waals surface area contributed by atoms with Crippen LogP contribution in [-0.2, 0) is 0 Å². The number of carboxylic acids is 1. The summed E-state index contributed by atoms with van der Waals surface area (Å²) in [6, 6.07) is 0.350. The number of rotatable bonds is 3. The average molecular weight is 209 g/mol. The van der Waals surface area contributed by atoms with Crippen molar-refractivity contribution in [2.45, 2.75) is 39.2 Å². The molecule has 15 heavy (non-hydrogen) atoms. The van der Waals surface area contributed by atoms with Gasteiger partial charge in [0.2, 0.25) is 0 Å². The Labute approximate surface area is 88.1 Å². The second kappa shape index (κ2) is 3.32. The monoisotopic (exact) mass is 209 g/mol. The molecule has 5 heteroatoms. The molecule has 1 aliphatic carbocycles. The minimum Gasteiger partial charge on any atom is -0.476 e. The van der Waals surface area contributed by atoms with Crippen LogP contribution in [0.2, 0.25) is 0 Å². The summed E-state index contributed by atoms with van der Waals surface area (Å²) in [6.45, 7) is 6.07. The Morgan fingerprint density at radius 3 is 2.60 bits per heavy atom. The predicted molar refractivity (Wildman–Crippen MR) is 53.9 cm³/mol. The first kappa shape index (κ1) is 10.1. The van der Waals surface area contributed by atoms with Gasteiger partial charge in [-0.3, -0.25) is 0 Å². The lowest BCUT2D eigenvalue weighted by Crippen LogP contribution is -2.09. The molecule has 1 heterocycles. The standard InChI is InChI=1S/C10H15N3O2/c1-5(2)9-8(10(14)15)11-12-13(9)7-4-6(7)3/h5-7H,4H2,1-3H3,(H,14,15). The van der Waals surface area contributed by atoms with Gasteiger partial charge >= 0.3 is 5.97 Å². The van der Waals surface area contributed by atoms with Gasteiger partial charge in [0, 0.05) is 0 Å². The van der Waals surface area contributed by atoms with Crippen molar-refractivity contribution in [3.05, 3.63) is 11.4 Å². The second-order valence-electron chi connectivity index (χ2n) is 4.51. The third-order valence-corrected chi connectivity index (χ3v) is 2.86. The van der Waals surface area contributed by atoms with Crippen molar-refractivity contribution >= 4 is 5.97 Å². The van der Waals surface area contributed by atoms with Crippen LogP contribution in [0.15, 0.2) is 0 Å². The number of nitrogens with zero attached hydrogens (tertiary/aromatic N) is 3. The number of carbonyl (C=O) groups is 1. The third kappa shape index (κ3) is 1.62. The van der Waals surface area contributed by atoms with Gasteiger partial charge in [0.1, 0.15) is 0 Å². The van der Waals surface area contributed by atoms with Crippen molar-refractivity contribution in [3.8, 4) is 0 Å². The van der Waals surface area contributed by atoms with Crippen molar-refractivity contribution in [2.75, 3.05) is 0 Å². The fourth-order valence-electron chi connectivity index (χ4n) is 1.88. The Morgan fingerprint density at radius 2 is 2.20 bits per heavy atom. The van der Waals surface area contributed by atoms with Crippen LogP contribution in [0.25, 0.3) is 0 Å². The van der Waals surface area contributed by atoms with Gasteiger partial charge in [-0.05, 0) is 18.3 Å². The highest BCUT2D eigenvalue weighted by molar-refractivity contribution is 5.86. The maximum atomic E-state index is 10.9. The van der Waals surface area contributed by atoms with Crippen molar-refractivity contribution in [1.29, 1.82) is 0 Å². The smallest absolute Gasteiger partial charge is 0.358 e. The number of aromatic nitrogens is 3. The van der Waals surface area contributed by atoms with Crippen LogP contribution in [0.3, 0.4) is 0 Å². The van der Waals surface area contributed by atoms with Gasteiger partial charge in [0.05, 0.1) is 11.7 Å². The number of carboxylic acid groups (broad SMARTS) is 1. The summed E-state index contributed by atoms with van der Waals surface area (Å²) in [5, 5.41) is 16.7. The topological polar surface area (TPSA) is 68.0 Å². The summed E-state index contributed by atoms with van der Waals surface area (Å²) < 4.78 is 1.79. The van der Waals surface area contributed by atoms with Gasteiger partial charge in [-0.1, -0.05) is 26.0 Å². The summed E-state index contributed by atoms with van der Waals surface area (Å²) >= 11 is 0. The third-order valence-electron chi connectivity index (χ3n) is 2.86. The highest BCUT2D eigenvalue weighted by atomic mass is 16.4. The van der Waals surface area contributed by atoms with E-state index in [1.807, 2.05) is 13.8 Å². The van der Waals surface area contributed by atoms with E-state index in [0.717, 1.165) is 12.1 Å². The first-order valence-corrected chi connectivity index (χ1v) is 5.20. The highest BCUT2D eigenvalue weighted by Crippen LogP contribution is 2.43. The predicted octanol–water partition coefficient (Wildman–Crippen LogP) is 1.68. The first-order valence-electron chi connectivity index (χ1n) is 5.20. The minimum absolute atomic E-state index is 0.101. The molecule has 0 amide bonds. The SMILES string of the molecule is CC(C)c1c(C(=O)O)nnn1C1CC1C. The van der Waals surface area contributed by atoms with Crippen molar-refractivity contribution in [3.63, 3.8) is 0 Å². The fraction of sp³-hybridized carbons (Fsp3) is 0.700. The highest BCUT2D eigenvalue weighted by Gasteiger charge is 2.38. The van der Waals surface area contributed by atoms with Crippen molar-refractivity contribution in [2.24, 2.45) is 5.92 Å². The maximum absolute atomic E-state index is 10.9. The number of aromatic carboxylic acids is 1. The number of hydrogen-bond acceptors (Lipinski definition) is 3. The molecule has 82 valence electrons. The van der Waals surface area contributed by atoms with Crippen LogP contribution in [0.4, 0.5) is 0 Å². The fourth-order valence-corrected chi connectivity index (χ4v) is 1.88.